The molecule has 5 aliphatic carbocycles. The average Bonchev–Trinajstić information content (AvgIpc) is 1.50. The summed E-state index contributed by atoms with van der Waals surface area (Å²) in [6.07, 6.45) is 8.61. The minimum absolute atomic E-state index is 0.116. The highest BCUT2D eigenvalue weighted by atomic mass is 16.3. The molecule has 8 fully saturated rings. The molecule has 594 valence electrons. The van der Waals surface area contributed by atoms with Gasteiger partial charge >= 0.3 is 0 Å². The molecular formula is C105H132N6O2. The standard InChI is InChI=1S/C25H31NO.C23H33N.C22H27NO.C18H21N.C17H20N2/c1-17-12-13-20-19-10-6-7-11-21(19)27-23(20)22(17)26-18(2)25(16-24(26,3)4)14-8-5-9-15-25;1-15-7-5-6-8-21(15)24-16(2)23(14-22(24,3)4)19-10-17-9-18(12-19)13-20(23)11-17;1-14-11-12-17-16-9-7-8-10-18(16)24-20(17)19(14)23-15(2)21(3,4)13-22(23,5)6;1-13-9-5-7-11-16(13)19-14(2)18(3,4)15-10-6-8-12-17(15)19;1-12-8-5-6-10-15(12)19-13(2)17(3,4)14-9-7-11-18-16(14)19/h6-7,10-13,18H,5,8-9,14-16H2,1-4H3;5-8,16-20H,9-14H2,1-4H3;7-12,15H,13H2,1-6H3;5-12,14H,1-4H3;5-11,13H,1-4H3/i16D2;14D2;3D3,4D3,13D2;2*3D3. The van der Waals surface area contributed by atoms with Crippen molar-refractivity contribution in [2.45, 2.75) is 293 Å². The van der Waals surface area contributed by atoms with Crippen molar-refractivity contribution in [2.24, 2.45) is 39.9 Å². The molecule has 8 heterocycles. The van der Waals surface area contributed by atoms with Gasteiger partial charge in [-0.2, -0.15) is 0 Å². The lowest BCUT2D eigenvalue weighted by atomic mass is 9.43. The Morgan fingerprint density at radius 2 is 0.823 bits per heavy atom. The summed E-state index contributed by atoms with van der Waals surface area (Å²) in [7, 11) is 0. The van der Waals surface area contributed by atoms with Gasteiger partial charge < -0.3 is 33.3 Å². The monoisotopic (exact) mass is 1530 g/mol. The van der Waals surface area contributed by atoms with E-state index in [1.165, 1.54) is 56.7 Å². The molecule has 113 heavy (non-hydrogen) atoms. The van der Waals surface area contributed by atoms with Crippen LogP contribution >= 0.6 is 0 Å². The molecule has 5 saturated carbocycles. The molecule has 0 amide bonds. The Labute approximate surface area is 703 Å². The quantitative estimate of drug-likeness (QED) is 0.169. The molecule has 11 aromatic rings. The first-order valence-electron chi connectivity index (χ1n) is 51.0. The second-order valence-electron chi connectivity index (χ2n) is 37.1. The fraction of sp³-hybridized carbons (Fsp3) is 0.495. The second-order valence-corrected chi connectivity index (χ2v) is 37.1. The van der Waals surface area contributed by atoms with Crippen molar-refractivity contribution in [3.8, 4) is 0 Å². The molecule has 8 aromatic carbocycles. The highest BCUT2D eigenvalue weighted by Gasteiger charge is 2.66. The minimum atomic E-state index is -3.08. The van der Waals surface area contributed by atoms with Gasteiger partial charge in [0.1, 0.15) is 17.0 Å². The minimum Gasteiger partial charge on any atom is -0.454 e. The molecule has 4 bridgehead atoms. The van der Waals surface area contributed by atoms with Crippen LogP contribution in [0.15, 0.2) is 197 Å². The van der Waals surface area contributed by atoms with Crippen LogP contribution < -0.4 is 24.5 Å². The van der Waals surface area contributed by atoms with Crippen molar-refractivity contribution >= 4 is 83.8 Å². The van der Waals surface area contributed by atoms with Crippen LogP contribution in [0.4, 0.5) is 39.9 Å². The number of aromatic nitrogens is 1. The van der Waals surface area contributed by atoms with Gasteiger partial charge in [-0.25, -0.2) is 4.98 Å². The Balaban J connectivity index is 0.000000121. The predicted molar refractivity (Wildman–Crippen MR) is 481 cm³/mol. The van der Waals surface area contributed by atoms with Crippen LogP contribution in [0.1, 0.15) is 264 Å². The van der Waals surface area contributed by atoms with Crippen LogP contribution in [0.5, 0.6) is 0 Å². The molecule has 0 N–H and O–H groups in total. The third kappa shape index (κ3) is 13.0. The van der Waals surface area contributed by atoms with Crippen molar-refractivity contribution in [3.05, 3.63) is 227 Å². The zero-order valence-electron chi connectivity index (χ0n) is 88.2. The smallest absolute Gasteiger partial charge is 0.158 e. The molecule has 21 rings (SSSR count). The highest BCUT2D eigenvalue weighted by Crippen LogP contribution is 2.70. The number of hydrogen-bond acceptors (Lipinski definition) is 8. The molecule has 2 spiro atoms. The third-order valence-corrected chi connectivity index (χ3v) is 28.7. The summed E-state index contributed by atoms with van der Waals surface area (Å²) in [5.41, 5.74) is 8.49. The molecule has 8 nitrogen and oxygen atoms in total. The molecule has 3 aromatic heterocycles. The van der Waals surface area contributed by atoms with Gasteiger partial charge in [0.2, 0.25) is 0 Å². The van der Waals surface area contributed by atoms with Gasteiger partial charge in [-0.3, -0.25) is 0 Å². The summed E-state index contributed by atoms with van der Waals surface area (Å²) in [4.78, 5) is 15.2. The number of hydrogen-bond donors (Lipinski definition) is 0. The van der Waals surface area contributed by atoms with Gasteiger partial charge in [-0.15, -0.1) is 0 Å². The maximum Gasteiger partial charge on any atom is 0.158 e. The first-order chi connectivity index (χ1) is 61.0. The van der Waals surface area contributed by atoms with Crippen LogP contribution in [0, 0.1) is 74.5 Å². The Morgan fingerprint density at radius 3 is 1.35 bits per heavy atom. The number of pyridine rings is 1. The summed E-state index contributed by atoms with van der Waals surface area (Å²) in [5, 5.41) is 3.94. The number of furan rings is 2. The van der Waals surface area contributed by atoms with Crippen LogP contribution in [0.2, 0.25) is 0 Å². The largest absolute Gasteiger partial charge is 0.454 e. The topological polar surface area (TPSA) is 55.4 Å². The highest BCUT2D eigenvalue weighted by molar-refractivity contribution is 6.11. The van der Waals surface area contributed by atoms with Gasteiger partial charge in [-0.1, -0.05) is 200 Å². The molecule has 7 atom stereocenters. The fourth-order valence-electron chi connectivity index (χ4n) is 23.2. The SMILES string of the molecule is [2H]C([2H])([2H])C1(C([2H])([2H])[2H])C(C)N(c2c(C)ccc3c2oc2ccccc23)C(C)(C)C1([2H])[2H].[2H]C([2H])([2H])C1(C)c2ccccc2N(c2ccccc2C)C1C.[2H]C([2H])([2H])C1(C)c2cccnc2N(c2ccccc2C)C1C.[2H]C1([2H])C2(C3CC4CC(C3)CC2C4)C(C)N(c2ccccc2C)C1(C)C.[2H]C1([2H])C2(CCCCC2)C(C)N(c2c(C)ccc3c2oc2ccccc23)C1(C)C. The lowest BCUT2D eigenvalue weighted by molar-refractivity contribution is -0.113. The number of benzene rings is 8. The van der Waals surface area contributed by atoms with Crippen molar-refractivity contribution in [3.63, 3.8) is 0 Å². The summed E-state index contributed by atoms with van der Waals surface area (Å²) < 4.78 is 166. The van der Waals surface area contributed by atoms with Crippen molar-refractivity contribution in [2.75, 3.05) is 24.5 Å². The van der Waals surface area contributed by atoms with Crippen molar-refractivity contribution in [1.82, 2.24) is 4.98 Å². The van der Waals surface area contributed by atoms with E-state index in [1.54, 1.807) is 24.9 Å². The summed E-state index contributed by atoms with van der Waals surface area (Å²) in [5.74, 6) is 3.64. The third-order valence-electron chi connectivity index (χ3n) is 28.7. The van der Waals surface area contributed by atoms with Crippen LogP contribution in [0.3, 0.4) is 0 Å². The molecule has 8 heteroatoms. The maximum atomic E-state index is 9.52. The lowest BCUT2D eigenvalue weighted by Crippen LogP contribution is -2.57. The lowest BCUT2D eigenvalue weighted by Gasteiger charge is -2.62. The molecule has 0 radical (unpaired) electrons. The molecular weight excluding hydrogens is 1380 g/mol. The van der Waals surface area contributed by atoms with Gasteiger partial charge in [0.25, 0.3) is 0 Å². The molecule has 10 aliphatic rings. The van der Waals surface area contributed by atoms with E-state index < -0.39 is 85.4 Å². The van der Waals surface area contributed by atoms with Crippen LogP contribution in [0.25, 0.3) is 43.9 Å². The number of nitrogens with zero attached hydrogens (tertiary/aromatic N) is 6. The van der Waals surface area contributed by atoms with Crippen LogP contribution in [-0.2, 0) is 10.8 Å². The number of para-hydroxylation sites is 6. The van der Waals surface area contributed by atoms with Crippen LogP contribution in [-0.4, -0.2) is 51.8 Å². The summed E-state index contributed by atoms with van der Waals surface area (Å²) >= 11 is 0. The van der Waals surface area contributed by atoms with Gasteiger partial charge in [-0.05, 0) is 291 Å². The zero-order valence-corrected chi connectivity index (χ0v) is 70.2. The molecule has 7 unspecified atom stereocenters. The summed E-state index contributed by atoms with van der Waals surface area (Å²) in [6.45, 7) is 25.4. The van der Waals surface area contributed by atoms with E-state index in [4.69, 9.17) is 28.0 Å². The molecule has 3 saturated heterocycles. The fourth-order valence-corrected chi connectivity index (χ4v) is 23.2. The second kappa shape index (κ2) is 28.7. The van der Waals surface area contributed by atoms with E-state index in [1.807, 2.05) is 163 Å². The molecule has 5 aliphatic heterocycles. The van der Waals surface area contributed by atoms with E-state index in [2.05, 4.69) is 148 Å². The van der Waals surface area contributed by atoms with E-state index in [0.717, 1.165) is 132 Å². The van der Waals surface area contributed by atoms with E-state index >= 15 is 0 Å². The Bertz CT molecular complexity index is 5980. The first kappa shape index (κ1) is 59.2. The van der Waals surface area contributed by atoms with E-state index in [-0.39, 0.29) is 35.0 Å². The number of fused-ring (bicyclic) bond motifs is 8. The van der Waals surface area contributed by atoms with E-state index in [0.29, 0.717) is 28.7 Å². The number of anilines is 7. The summed E-state index contributed by atoms with van der Waals surface area (Å²) in [6, 6.07) is 59.0. The van der Waals surface area contributed by atoms with E-state index in [9.17, 15) is 5.48 Å². The normalized spacial score (nSPS) is 32.9. The van der Waals surface area contributed by atoms with Crippen molar-refractivity contribution in [1.29, 1.82) is 0 Å². The Morgan fingerprint density at radius 1 is 0.381 bits per heavy atom. The van der Waals surface area contributed by atoms with Gasteiger partial charge in [0, 0.05) is 138 Å². The zero-order chi connectivity index (χ0) is 95.4. The maximum absolute atomic E-state index is 9.52. The van der Waals surface area contributed by atoms with Gasteiger partial charge in [0.15, 0.2) is 11.2 Å². The first-order valence-corrected chi connectivity index (χ1v) is 42.0. The van der Waals surface area contributed by atoms with Crippen molar-refractivity contribution < 1.29 is 33.5 Å². The Hall–Kier alpha value is -8.49. The van der Waals surface area contributed by atoms with Gasteiger partial charge in [0.05, 0.1) is 11.4 Å². The Kier molecular flexibility index (Phi) is 15.1. The number of aryl methyl sites for hydroxylation is 5. The number of rotatable bonds is 5. The average molecular weight is 1530 g/mol. The predicted octanol–water partition coefficient (Wildman–Crippen LogP) is 28.4.